The summed E-state index contributed by atoms with van der Waals surface area (Å²) < 4.78 is 0. The maximum atomic E-state index is 11.0. The Labute approximate surface area is 185 Å². The average molecular weight is 417 g/mol. The van der Waals surface area contributed by atoms with Crippen molar-refractivity contribution in [2.75, 3.05) is 0 Å². The molecule has 2 N–H and O–H groups in total. The summed E-state index contributed by atoms with van der Waals surface area (Å²) >= 11 is 0. The van der Waals surface area contributed by atoms with Crippen LogP contribution in [0.15, 0.2) is 11.6 Å². The number of hydrogen-bond acceptors (Lipinski definition) is 2. The van der Waals surface area contributed by atoms with Crippen molar-refractivity contribution in [2.24, 2.45) is 40.4 Å². The van der Waals surface area contributed by atoms with Gasteiger partial charge >= 0.3 is 0 Å². The summed E-state index contributed by atoms with van der Waals surface area (Å²) in [5.41, 5.74) is 1.62. The van der Waals surface area contributed by atoms with E-state index in [4.69, 9.17) is 0 Å². The Kier molecular flexibility index (Phi) is 5.80. The molecule has 0 aliphatic heterocycles. The van der Waals surface area contributed by atoms with E-state index in [9.17, 15) is 10.2 Å². The maximum Gasteiger partial charge on any atom is 0.0648 e. The normalized spacial score (nSPS) is 47.1. The number of hydrogen-bond donors (Lipinski definition) is 2. The van der Waals surface area contributed by atoms with Gasteiger partial charge in [0.15, 0.2) is 0 Å². The molecule has 8 atom stereocenters. The first-order valence-corrected chi connectivity index (χ1v) is 13.1. The SMILES string of the molecule is CC[C@]1(O)CC[C@]2(C)C3=CC[C@]4(C)[C@@H]([C@H](C)CCC(C)(C)O)CC[C@H]4[C@@H]3CC[C@H]2C1. The van der Waals surface area contributed by atoms with Gasteiger partial charge in [0.1, 0.15) is 0 Å². The fourth-order valence-corrected chi connectivity index (χ4v) is 8.67. The number of aliphatic hydroxyl groups is 2. The summed E-state index contributed by atoms with van der Waals surface area (Å²) in [6, 6.07) is 0. The Morgan fingerprint density at radius 1 is 1.13 bits per heavy atom. The standard InChI is InChI=1S/C28H48O2/c1-7-28(30)17-16-26(5)20(18-28)8-9-21-23-11-10-22(19(2)12-14-25(3,4)29)27(23,6)15-13-24(21)26/h13,19-23,29-30H,7-12,14-18H2,1-6H3/t19-,20+,21+,22-,23+,26+,27-,28+/m1/s1. The van der Waals surface area contributed by atoms with Gasteiger partial charge in [0.2, 0.25) is 0 Å². The van der Waals surface area contributed by atoms with Crippen LogP contribution in [0.4, 0.5) is 0 Å². The van der Waals surface area contributed by atoms with E-state index in [1.54, 1.807) is 5.57 Å². The molecule has 3 saturated carbocycles. The van der Waals surface area contributed by atoms with Crippen LogP contribution in [0.5, 0.6) is 0 Å². The Bertz CT molecular complexity index is 675. The Hall–Kier alpha value is -0.340. The van der Waals surface area contributed by atoms with Crippen molar-refractivity contribution in [3.63, 3.8) is 0 Å². The molecule has 0 spiro atoms. The van der Waals surface area contributed by atoms with Gasteiger partial charge < -0.3 is 10.2 Å². The number of rotatable bonds is 5. The van der Waals surface area contributed by atoms with Gasteiger partial charge in [0.25, 0.3) is 0 Å². The van der Waals surface area contributed by atoms with Crippen molar-refractivity contribution >= 4 is 0 Å². The lowest BCUT2D eigenvalue weighted by molar-refractivity contribution is -0.0771. The van der Waals surface area contributed by atoms with Crippen LogP contribution in [-0.4, -0.2) is 21.4 Å². The van der Waals surface area contributed by atoms with E-state index in [1.807, 2.05) is 13.8 Å². The minimum atomic E-state index is -0.540. The van der Waals surface area contributed by atoms with Gasteiger partial charge in [0.05, 0.1) is 11.2 Å². The van der Waals surface area contributed by atoms with Crippen LogP contribution >= 0.6 is 0 Å². The maximum absolute atomic E-state index is 11.0. The predicted molar refractivity (Wildman–Crippen MR) is 125 cm³/mol. The third-order valence-corrected chi connectivity index (χ3v) is 10.8. The minimum Gasteiger partial charge on any atom is -0.390 e. The van der Waals surface area contributed by atoms with E-state index in [0.29, 0.717) is 22.7 Å². The summed E-state index contributed by atoms with van der Waals surface area (Å²) in [5, 5.41) is 21.2. The molecule has 172 valence electrons. The van der Waals surface area contributed by atoms with Crippen LogP contribution in [0, 0.1) is 40.4 Å². The first kappa shape index (κ1) is 22.8. The molecular weight excluding hydrogens is 368 g/mol. The fraction of sp³-hybridized carbons (Fsp3) is 0.929. The van der Waals surface area contributed by atoms with Crippen molar-refractivity contribution in [1.82, 2.24) is 0 Å². The second-order valence-corrected chi connectivity index (χ2v) is 13.1. The molecule has 0 aromatic rings. The van der Waals surface area contributed by atoms with Crippen molar-refractivity contribution in [1.29, 1.82) is 0 Å². The van der Waals surface area contributed by atoms with E-state index in [-0.39, 0.29) is 0 Å². The molecule has 0 heterocycles. The Balaban J connectivity index is 1.54. The second kappa shape index (κ2) is 7.62. The molecule has 0 amide bonds. The summed E-state index contributed by atoms with van der Waals surface area (Å²) in [6.45, 7) is 13.7. The van der Waals surface area contributed by atoms with Crippen LogP contribution in [0.2, 0.25) is 0 Å². The van der Waals surface area contributed by atoms with Crippen LogP contribution < -0.4 is 0 Å². The second-order valence-electron chi connectivity index (χ2n) is 13.1. The molecule has 3 fully saturated rings. The Morgan fingerprint density at radius 3 is 2.53 bits per heavy atom. The molecular formula is C28H48O2. The summed E-state index contributed by atoms with van der Waals surface area (Å²) in [6.07, 6.45) is 15.5. The van der Waals surface area contributed by atoms with Gasteiger partial charge in [0, 0.05) is 0 Å². The monoisotopic (exact) mass is 416 g/mol. The molecule has 0 aromatic carbocycles. The molecule has 0 aromatic heterocycles. The predicted octanol–water partition coefficient (Wildman–Crippen LogP) is 6.89. The Morgan fingerprint density at radius 2 is 1.87 bits per heavy atom. The van der Waals surface area contributed by atoms with Crippen LogP contribution in [0.1, 0.15) is 112 Å². The molecule has 0 radical (unpaired) electrons. The first-order valence-electron chi connectivity index (χ1n) is 13.1. The van der Waals surface area contributed by atoms with Gasteiger partial charge in [-0.1, -0.05) is 39.3 Å². The largest absolute Gasteiger partial charge is 0.390 e. The molecule has 2 heteroatoms. The van der Waals surface area contributed by atoms with Gasteiger partial charge in [-0.2, -0.15) is 0 Å². The minimum absolute atomic E-state index is 0.330. The molecule has 30 heavy (non-hydrogen) atoms. The number of fused-ring (bicyclic) bond motifs is 5. The van der Waals surface area contributed by atoms with Crippen LogP contribution in [-0.2, 0) is 0 Å². The van der Waals surface area contributed by atoms with Crippen LogP contribution in [0.3, 0.4) is 0 Å². The van der Waals surface area contributed by atoms with E-state index < -0.39 is 11.2 Å². The molecule has 0 unspecified atom stereocenters. The van der Waals surface area contributed by atoms with Gasteiger partial charge in [-0.25, -0.2) is 0 Å². The van der Waals surface area contributed by atoms with Crippen LogP contribution in [0.25, 0.3) is 0 Å². The van der Waals surface area contributed by atoms with E-state index in [0.717, 1.165) is 49.9 Å². The first-order chi connectivity index (χ1) is 13.9. The zero-order chi connectivity index (χ0) is 21.9. The van der Waals surface area contributed by atoms with Crippen molar-refractivity contribution in [3.05, 3.63) is 11.6 Å². The third-order valence-electron chi connectivity index (χ3n) is 10.8. The summed E-state index contributed by atoms with van der Waals surface area (Å²) in [4.78, 5) is 0. The molecule has 4 rings (SSSR count). The molecule has 0 saturated heterocycles. The van der Waals surface area contributed by atoms with E-state index in [2.05, 4.69) is 33.8 Å². The molecule has 4 aliphatic rings. The van der Waals surface area contributed by atoms with Gasteiger partial charge in [-0.05, 0) is 125 Å². The lowest BCUT2D eigenvalue weighted by Gasteiger charge is -2.58. The fourth-order valence-electron chi connectivity index (χ4n) is 8.67. The highest BCUT2D eigenvalue weighted by atomic mass is 16.3. The number of allylic oxidation sites excluding steroid dienone is 2. The van der Waals surface area contributed by atoms with Crippen molar-refractivity contribution < 1.29 is 10.2 Å². The lowest BCUT2D eigenvalue weighted by atomic mass is 9.47. The molecule has 4 aliphatic carbocycles. The smallest absolute Gasteiger partial charge is 0.0648 e. The highest BCUT2D eigenvalue weighted by Crippen LogP contribution is 2.67. The highest BCUT2D eigenvalue weighted by molar-refractivity contribution is 5.29. The van der Waals surface area contributed by atoms with E-state index in [1.165, 1.54) is 38.5 Å². The summed E-state index contributed by atoms with van der Waals surface area (Å²) in [5.74, 6) is 3.79. The zero-order valence-corrected chi connectivity index (χ0v) is 20.6. The summed E-state index contributed by atoms with van der Waals surface area (Å²) in [7, 11) is 0. The van der Waals surface area contributed by atoms with E-state index >= 15 is 0 Å². The average Bonchev–Trinajstić information content (AvgIpc) is 3.03. The highest BCUT2D eigenvalue weighted by Gasteiger charge is 2.58. The zero-order valence-electron chi connectivity index (χ0n) is 20.6. The third kappa shape index (κ3) is 3.72. The lowest BCUT2D eigenvalue weighted by Crippen LogP contribution is -2.51. The van der Waals surface area contributed by atoms with Crippen molar-refractivity contribution in [2.45, 2.75) is 123 Å². The molecule has 0 bridgehead atoms. The van der Waals surface area contributed by atoms with Gasteiger partial charge in [-0.15, -0.1) is 0 Å². The topological polar surface area (TPSA) is 40.5 Å². The van der Waals surface area contributed by atoms with Gasteiger partial charge in [-0.3, -0.25) is 0 Å². The van der Waals surface area contributed by atoms with Crippen molar-refractivity contribution in [3.8, 4) is 0 Å². The quantitative estimate of drug-likeness (QED) is 0.479. The molecule has 2 nitrogen and oxygen atoms in total.